The Kier molecular flexibility index (Phi) is 5.86. The fraction of sp³-hybridized carbons (Fsp3) is 0.647. The minimum Gasteiger partial charge on any atom is -0.491 e. The van der Waals surface area contributed by atoms with Crippen LogP contribution >= 0.6 is 0 Å². The summed E-state index contributed by atoms with van der Waals surface area (Å²) in [6, 6.07) is 8.30. The van der Waals surface area contributed by atoms with E-state index in [9.17, 15) is 0 Å². The van der Waals surface area contributed by atoms with Gasteiger partial charge in [-0.15, -0.1) is 0 Å². The average molecular weight is 277 g/mol. The van der Waals surface area contributed by atoms with E-state index >= 15 is 0 Å². The molecular formula is C17H27NO2. The van der Waals surface area contributed by atoms with Crippen LogP contribution in [0.4, 0.5) is 0 Å². The molecule has 2 unspecified atom stereocenters. The Morgan fingerprint density at radius 1 is 1.25 bits per heavy atom. The van der Waals surface area contributed by atoms with Crippen molar-refractivity contribution >= 4 is 0 Å². The van der Waals surface area contributed by atoms with Gasteiger partial charge in [0.05, 0.1) is 12.2 Å². The molecule has 1 aliphatic heterocycles. The molecule has 112 valence electrons. The molecule has 2 rings (SSSR count). The van der Waals surface area contributed by atoms with Crippen LogP contribution in [0.1, 0.15) is 45.1 Å². The molecule has 1 saturated heterocycles. The highest BCUT2D eigenvalue weighted by atomic mass is 16.5. The van der Waals surface area contributed by atoms with Gasteiger partial charge < -0.3 is 14.8 Å². The Morgan fingerprint density at radius 2 is 2.00 bits per heavy atom. The molecule has 20 heavy (non-hydrogen) atoms. The Bertz CT molecular complexity index is 406. The smallest absolute Gasteiger partial charge is 0.122 e. The highest BCUT2D eigenvalue weighted by Crippen LogP contribution is 2.27. The average Bonchev–Trinajstić information content (AvgIpc) is 2.91. The lowest BCUT2D eigenvalue weighted by molar-refractivity contribution is 0.0185. The molecular weight excluding hydrogens is 250 g/mol. The van der Waals surface area contributed by atoms with Gasteiger partial charge >= 0.3 is 0 Å². The van der Waals surface area contributed by atoms with Gasteiger partial charge in [-0.2, -0.15) is 0 Å². The molecule has 0 bridgehead atoms. The summed E-state index contributed by atoms with van der Waals surface area (Å²) in [4.78, 5) is 0. The lowest BCUT2D eigenvalue weighted by atomic mass is 10.0. The molecule has 1 aromatic rings. The third kappa shape index (κ3) is 4.22. The van der Waals surface area contributed by atoms with Crippen molar-refractivity contribution in [1.82, 2.24) is 5.32 Å². The molecule has 1 aliphatic rings. The molecule has 2 atom stereocenters. The maximum absolute atomic E-state index is 6.00. The van der Waals surface area contributed by atoms with Crippen molar-refractivity contribution in [3.05, 3.63) is 29.8 Å². The van der Waals surface area contributed by atoms with E-state index in [1.165, 1.54) is 5.56 Å². The first kappa shape index (κ1) is 15.3. The third-order valence-corrected chi connectivity index (χ3v) is 3.78. The van der Waals surface area contributed by atoms with Crippen molar-refractivity contribution in [2.24, 2.45) is 0 Å². The fourth-order valence-corrected chi connectivity index (χ4v) is 2.63. The van der Waals surface area contributed by atoms with E-state index in [1.54, 1.807) is 0 Å². The molecule has 1 fully saturated rings. The van der Waals surface area contributed by atoms with Gasteiger partial charge in [0.25, 0.3) is 0 Å². The van der Waals surface area contributed by atoms with Crippen LogP contribution < -0.4 is 10.1 Å². The fourth-order valence-electron chi connectivity index (χ4n) is 2.63. The van der Waals surface area contributed by atoms with Crippen LogP contribution in [0, 0.1) is 0 Å². The summed E-state index contributed by atoms with van der Waals surface area (Å²) in [6.45, 7) is 9.13. The molecule has 0 aromatic heterocycles. The zero-order valence-electron chi connectivity index (χ0n) is 12.9. The first-order chi connectivity index (χ1) is 9.70. The SMILES string of the molecule is CCNCC1CCC(COc2ccccc2C(C)C)O1. The van der Waals surface area contributed by atoms with E-state index in [1.807, 2.05) is 6.07 Å². The quantitative estimate of drug-likeness (QED) is 0.829. The second-order valence-electron chi connectivity index (χ2n) is 5.77. The van der Waals surface area contributed by atoms with Crippen LogP contribution in [0.15, 0.2) is 24.3 Å². The Hall–Kier alpha value is -1.06. The molecule has 0 saturated carbocycles. The summed E-state index contributed by atoms with van der Waals surface area (Å²) < 4.78 is 12.0. The number of ether oxygens (including phenoxy) is 2. The summed E-state index contributed by atoms with van der Waals surface area (Å²) in [5, 5.41) is 3.34. The summed E-state index contributed by atoms with van der Waals surface area (Å²) in [5.74, 6) is 1.48. The zero-order valence-corrected chi connectivity index (χ0v) is 12.9. The second-order valence-corrected chi connectivity index (χ2v) is 5.77. The van der Waals surface area contributed by atoms with Gasteiger partial charge in [0, 0.05) is 6.54 Å². The van der Waals surface area contributed by atoms with E-state index < -0.39 is 0 Å². The Morgan fingerprint density at radius 3 is 2.75 bits per heavy atom. The van der Waals surface area contributed by atoms with Gasteiger partial charge in [-0.25, -0.2) is 0 Å². The molecule has 0 radical (unpaired) electrons. The maximum Gasteiger partial charge on any atom is 0.122 e. The molecule has 0 spiro atoms. The van der Waals surface area contributed by atoms with E-state index in [2.05, 4.69) is 44.3 Å². The van der Waals surface area contributed by atoms with Gasteiger partial charge in [-0.3, -0.25) is 0 Å². The van der Waals surface area contributed by atoms with Crippen molar-refractivity contribution in [2.75, 3.05) is 19.7 Å². The predicted molar refractivity (Wildman–Crippen MR) is 82.5 cm³/mol. The molecule has 3 heteroatoms. The largest absolute Gasteiger partial charge is 0.491 e. The van der Waals surface area contributed by atoms with Gasteiger partial charge in [0.2, 0.25) is 0 Å². The van der Waals surface area contributed by atoms with Crippen molar-refractivity contribution < 1.29 is 9.47 Å². The van der Waals surface area contributed by atoms with E-state index in [-0.39, 0.29) is 6.10 Å². The number of likely N-dealkylation sites (N-methyl/N-ethyl adjacent to an activating group) is 1. The maximum atomic E-state index is 6.00. The van der Waals surface area contributed by atoms with Crippen molar-refractivity contribution in [1.29, 1.82) is 0 Å². The number of nitrogens with one attached hydrogen (secondary N) is 1. The number of rotatable bonds is 7. The molecule has 3 nitrogen and oxygen atoms in total. The summed E-state index contributed by atoms with van der Waals surface area (Å²) >= 11 is 0. The van der Waals surface area contributed by atoms with Crippen molar-refractivity contribution in [3.63, 3.8) is 0 Å². The number of para-hydroxylation sites is 1. The lowest BCUT2D eigenvalue weighted by Crippen LogP contribution is -2.28. The lowest BCUT2D eigenvalue weighted by Gasteiger charge is -2.17. The van der Waals surface area contributed by atoms with Gasteiger partial charge in [0.15, 0.2) is 0 Å². The normalized spacial score (nSPS) is 22.4. The number of benzene rings is 1. The first-order valence-corrected chi connectivity index (χ1v) is 7.78. The van der Waals surface area contributed by atoms with Crippen molar-refractivity contribution in [2.45, 2.75) is 51.7 Å². The van der Waals surface area contributed by atoms with Gasteiger partial charge in [0.1, 0.15) is 12.4 Å². The standard InChI is InChI=1S/C17H27NO2/c1-4-18-11-14-9-10-15(20-14)12-19-17-8-6-5-7-16(17)13(2)3/h5-8,13-15,18H,4,9-12H2,1-3H3. The Labute approximate surface area is 122 Å². The van der Waals surface area contributed by atoms with Crippen LogP contribution in [0.5, 0.6) is 5.75 Å². The summed E-state index contributed by atoms with van der Waals surface area (Å²) in [6.07, 6.45) is 2.81. The molecule has 1 aromatic carbocycles. The third-order valence-electron chi connectivity index (χ3n) is 3.78. The molecule has 0 aliphatic carbocycles. The van der Waals surface area contributed by atoms with Crippen LogP contribution in [0.25, 0.3) is 0 Å². The highest BCUT2D eigenvalue weighted by molar-refractivity contribution is 5.35. The van der Waals surface area contributed by atoms with Crippen LogP contribution in [0.3, 0.4) is 0 Å². The van der Waals surface area contributed by atoms with E-state index in [0.717, 1.165) is 31.7 Å². The van der Waals surface area contributed by atoms with E-state index in [4.69, 9.17) is 9.47 Å². The Balaban J connectivity index is 1.81. The first-order valence-electron chi connectivity index (χ1n) is 7.78. The van der Waals surface area contributed by atoms with Crippen LogP contribution in [-0.4, -0.2) is 31.9 Å². The predicted octanol–water partition coefficient (Wildman–Crippen LogP) is 3.35. The molecule has 1 heterocycles. The molecule has 1 N–H and O–H groups in total. The minimum atomic E-state index is 0.235. The topological polar surface area (TPSA) is 30.5 Å². The highest BCUT2D eigenvalue weighted by Gasteiger charge is 2.25. The number of hydrogen-bond acceptors (Lipinski definition) is 3. The molecule has 0 amide bonds. The van der Waals surface area contributed by atoms with Crippen LogP contribution in [0.2, 0.25) is 0 Å². The van der Waals surface area contributed by atoms with Gasteiger partial charge in [-0.05, 0) is 36.9 Å². The number of hydrogen-bond donors (Lipinski definition) is 1. The minimum absolute atomic E-state index is 0.235. The zero-order chi connectivity index (χ0) is 14.4. The second kappa shape index (κ2) is 7.65. The van der Waals surface area contributed by atoms with Crippen molar-refractivity contribution in [3.8, 4) is 5.75 Å². The summed E-state index contributed by atoms with van der Waals surface area (Å²) in [7, 11) is 0. The summed E-state index contributed by atoms with van der Waals surface area (Å²) in [5.41, 5.74) is 1.27. The van der Waals surface area contributed by atoms with E-state index in [0.29, 0.717) is 18.6 Å². The van der Waals surface area contributed by atoms with Crippen LogP contribution in [-0.2, 0) is 4.74 Å². The monoisotopic (exact) mass is 277 g/mol. The van der Waals surface area contributed by atoms with Gasteiger partial charge in [-0.1, -0.05) is 39.0 Å².